The Hall–Kier alpha value is -3.21. The lowest BCUT2D eigenvalue weighted by Crippen LogP contribution is -2.39. The van der Waals surface area contributed by atoms with E-state index in [-0.39, 0.29) is 5.75 Å². The van der Waals surface area contributed by atoms with Gasteiger partial charge in [0.05, 0.1) is 5.75 Å². The van der Waals surface area contributed by atoms with Crippen molar-refractivity contribution >= 4 is 9.84 Å². The first-order valence-corrected chi connectivity index (χ1v) is 11.9. The predicted molar refractivity (Wildman–Crippen MR) is 124 cm³/mol. The molecule has 0 aliphatic heterocycles. The number of sulfone groups is 1. The molecular weight excluding hydrogens is 404 g/mol. The average Bonchev–Trinajstić information content (AvgIpc) is 2.81. The van der Waals surface area contributed by atoms with Crippen molar-refractivity contribution in [3.63, 3.8) is 0 Å². The fourth-order valence-electron chi connectivity index (χ4n) is 4.08. The van der Waals surface area contributed by atoms with Gasteiger partial charge in [-0.1, -0.05) is 121 Å². The summed E-state index contributed by atoms with van der Waals surface area (Å²) in [6.45, 7) is 0. The minimum absolute atomic E-state index is 0.171. The zero-order chi connectivity index (χ0) is 21.7. The van der Waals surface area contributed by atoms with Gasteiger partial charge in [0, 0.05) is 0 Å². The molecule has 156 valence electrons. The summed E-state index contributed by atoms with van der Waals surface area (Å²) in [6.07, 6.45) is 0. The van der Waals surface area contributed by atoms with Crippen molar-refractivity contribution in [1.29, 1.82) is 0 Å². The van der Waals surface area contributed by atoms with Gasteiger partial charge in [0.25, 0.3) is 0 Å². The van der Waals surface area contributed by atoms with Gasteiger partial charge in [-0.05, 0) is 22.3 Å². The topological polar surface area (TPSA) is 54.4 Å². The number of aliphatic hydroxyl groups is 1. The van der Waals surface area contributed by atoms with Gasteiger partial charge in [0.2, 0.25) is 0 Å². The number of hydrogen-bond donors (Lipinski definition) is 1. The fourth-order valence-corrected chi connectivity index (χ4v) is 6.27. The lowest BCUT2D eigenvalue weighted by molar-refractivity contribution is 0.0746. The maximum Gasteiger partial charge on any atom is 0.164 e. The summed E-state index contributed by atoms with van der Waals surface area (Å²) in [7, 11) is -3.83. The highest BCUT2D eigenvalue weighted by Gasteiger charge is 2.48. The molecule has 0 aliphatic carbocycles. The van der Waals surface area contributed by atoms with Crippen LogP contribution in [0.1, 0.15) is 27.5 Å². The standard InChI is InChI=1S/C27H24O3S/c28-27(24-17-9-3-10-18-24,25-19-11-4-12-20-25)26(23-15-7-2-8-16-23)31(29,30)21-22-13-5-1-6-14-22/h1-20,26,28H,21H2/t26-/m1/s1. The number of rotatable bonds is 7. The van der Waals surface area contributed by atoms with Crippen LogP contribution in [-0.4, -0.2) is 13.5 Å². The first-order valence-electron chi connectivity index (χ1n) is 10.2. The van der Waals surface area contributed by atoms with Crippen LogP contribution in [0.5, 0.6) is 0 Å². The maximum absolute atomic E-state index is 13.9. The molecule has 0 saturated heterocycles. The third-order valence-electron chi connectivity index (χ3n) is 5.48. The molecule has 0 amide bonds. The molecule has 0 saturated carbocycles. The van der Waals surface area contributed by atoms with E-state index in [9.17, 15) is 13.5 Å². The molecule has 0 radical (unpaired) electrons. The molecule has 0 aromatic heterocycles. The highest BCUT2D eigenvalue weighted by atomic mass is 32.2. The Balaban J connectivity index is 1.96. The van der Waals surface area contributed by atoms with E-state index in [0.29, 0.717) is 22.3 Å². The monoisotopic (exact) mass is 428 g/mol. The van der Waals surface area contributed by atoms with E-state index in [1.165, 1.54) is 0 Å². The predicted octanol–water partition coefficient (Wildman–Crippen LogP) is 5.28. The largest absolute Gasteiger partial charge is 0.379 e. The molecule has 4 aromatic carbocycles. The molecule has 4 heteroatoms. The van der Waals surface area contributed by atoms with E-state index >= 15 is 0 Å². The molecule has 1 atom stereocenters. The Kier molecular flexibility index (Phi) is 6.03. The van der Waals surface area contributed by atoms with E-state index < -0.39 is 20.7 Å². The molecule has 0 spiro atoms. The quantitative estimate of drug-likeness (QED) is 0.436. The third kappa shape index (κ3) is 4.31. The summed E-state index contributed by atoms with van der Waals surface area (Å²) < 4.78 is 27.9. The van der Waals surface area contributed by atoms with Gasteiger partial charge < -0.3 is 5.11 Å². The van der Waals surface area contributed by atoms with Crippen LogP contribution in [0.25, 0.3) is 0 Å². The molecule has 0 heterocycles. The molecule has 0 aliphatic rings. The van der Waals surface area contributed by atoms with Crippen molar-refractivity contribution in [2.75, 3.05) is 0 Å². The Labute approximate surface area is 183 Å². The van der Waals surface area contributed by atoms with Gasteiger partial charge in [-0.25, -0.2) is 8.42 Å². The highest BCUT2D eigenvalue weighted by Crippen LogP contribution is 2.46. The summed E-state index contributed by atoms with van der Waals surface area (Å²) in [5, 5.41) is 11.1. The van der Waals surface area contributed by atoms with Crippen LogP contribution in [0.2, 0.25) is 0 Å². The van der Waals surface area contributed by atoms with E-state index in [2.05, 4.69) is 0 Å². The van der Waals surface area contributed by atoms with E-state index in [1.54, 1.807) is 60.7 Å². The van der Waals surface area contributed by atoms with Crippen molar-refractivity contribution in [1.82, 2.24) is 0 Å². The van der Waals surface area contributed by atoms with E-state index in [4.69, 9.17) is 0 Å². The number of hydrogen-bond acceptors (Lipinski definition) is 3. The Morgan fingerprint density at radius 3 is 1.45 bits per heavy atom. The first kappa shape index (κ1) is 21.0. The van der Waals surface area contributed by atoms with Crippen molar-refractivity contribution in [2.45, 2.75) is 16.6 Å². The smallest absolute Gasteiger partial charge is 0.164 e. The van der Waals surface area contributed by atoms with Crippen LogP contribution in [-0.2, 0) is 21.2 Å². The molecule has 4 rings (SSSR count). The second-order valence-electron chi connectivity index (χ2n) is 7.58. The zero-order valence-corrected chi connectivity index (χ0v) is 17.8. The lowest BCUT2D eigenvalue weighted by Gasteiger charge is -2.37. The normalized spacial score (nSPS) is 12.9. The van der Waals surface area contributed by atoms with Crippen LogP contribution in [0.3, 0.4) is 0 Å². The molecule has 4 aromatic rings. The van der Waals surface area contributed by atoms with Gasteiger partial charge in [-0.15, -0.1) is 0 Å². The summed E-state index contributed by atoms with van der Waals surface area (Å²) >= 11 is 0. The Morgan fingerprint density at radius 2 is 1.00 bits per heavy atom. The molecule has 31 heavy (non-hydrogen) atoms. The zero-order valence-electron chi connectivity index (χ0n) is 17.0. The van der Waals surface area contributed by atoms with Crippen molar-refractivity contribution < 1.29 is 13.5 Å². The lowest BCUT2D eigenvalue weighted by atomic mass is 9.81. The van der Waals surface area contributed by atoms with Crippen LogP contribution in [0.15, 0.2) is 121 Å². The molecular formula is C27H24O3S. The summed E-state index contributed by atoms with van der Waals surface area (Å²) in [6, 6.07) is 36.2. The second kappa shape index (κ2) is 8.88. The first-order chi connectivity index (χ1) is 15.0. The van der Waals surface area contributed by atoms with Gasteiger partial charge in [-0.3, -0.25) is 0 Å². The average molecular weight is 429 g/mol. The maximum atomic E-state index is 13.9. The Morgan fingerprint density at radius 1 is 0.613 bits per heavy atom. The summed E-state index contributed by atoms with van der Waals surface area (Å²) in [4.78, 5) is 0. The third-order valence-corrected chi connectivity index (χ3v) is 7.55. The SMILES string of the molecule is O=S(=O)(Cc1ccccc1)[C@H](c1ccccc1)C(O)(c1ccccc1)c1ccccc1. The summed E-state index contributed by atoms with van der Waals surface area (Å²) in [5.41, 5.74) is 0.538. The van der Waals surface area contributed by atoms with Gasteiger partial charge in [-0.2, -0.15) is 0 Å². The Bertz CT molecular complexity index is 1170. The molecule has 0 fully saturated rings. The highest BCUT2D eigenvalue weighted by molar-refractivity contribution is 7.91. The minimum atomic E-state index is -3.83. The minimum Gasteiger partial charge on any atom is -0.379 e. The van der Waals surface area contributed by atoms with Gasteiger partial charge in [0.1, 0.15) is 10.9 Å². The van der Waals surface area contributed by atoms with Gasteiger partial charge in [0.15, 0.2) is 9.84 Å². The van der Waals surface area contributed by atoms with Crippen molar-refractivity contribution in [3.05, 3.63) is 144 Å². The molecule has 0 unspecified atom stereocenters. The number of benzene rings is 4. The van der Waals surface area contributed by atoms with Crippen LogP contribution >= 0.6 is 0 Å². The van der Waals surface area contributed by atoms with Crippen LogP contribution in [0.4, 0.5) is 0 Å². The molecule has 3 nitrogen and oxygen atoms in total. The summed E-state index contributed by atoms with van der Waals surface area (Å²) in [5.74, 6) is -0.171. The van der Waals surface area contributed by atoms with Crippen molar-refractivity contribution in [3.8, 4) is 0 Å². The van der Waals surface area contributed by atoms with Crippen LogP contribution < -0.4 is 0 Å². The second-order valence-corrected chi connectivity index (χ2v) is 9.67. The van der Waals surface area contributed by atoms with Gasteiger partial charge >= 0.3 is 0 Å². The fraction of sp³-hybridized carbons (Fsp3) is 0.111. The molecule has 0 bridgehead atoms. The van der Waals surface area contributed by atoms with E-state index in [0.717, 1.165) is 0 Å². The van der Waals surface area contributed by atoms with E-state index in [1.807, 2.05) is 60.7 Å². The van der Waals surface area contributed by atoms with Crippen molar-refractivity contribution in [2.24, 2.45) is 0 Å². The van der Waals surface area contributed by atoms with Crippen LogP contribution in [0, 0.1) is 0 Å². The molecule has 1 N–H and O–H groups in total.